The molecule has 4 nitrogen and oxygen atoms in total. The van der Waals surface area contributed by atoms with Crippen LogP contribution in [-0.4, -0.2) is 27.6 Å². The van der Waals surface area contributed by atoms with Crippen molar-refractivity contribution in [3.05, 3.63) is 12.4 Å². The fourth-order valence-corrected chi connectivity index (χ4v) is 1.93. The molecule has 1 saturated heterocycles. The first kappa shape index (κ1) is 10.5. The van der Waals surface area contributed by atoms with Gasteiger partial charge in [-0.15, -0.1) is 11.6 Å². The van der Waals surface area contributed by atoms with Crippen LogP contribution < -0.4 is 4.90 Å². The monoisotopic (exact) mass is 227 g/mol. The Morgan fingerprint density at radius 1 is 1.60 bits per heavy atom. The minimum Gasteiger partial charge on any atom is -0.308 e. The quantitative estimate of drug-likeness (QED) is 0.723. The van der Waals surface area contributed by atoms with Crippen molar-refractivity contribution in [2.24, 2.45) is 0 Å². The Labute approximate surface area is 93.8 Å². The van der Waals surface area contributed by atoms with Gasteiger partial charge in [0.15, 0.2) is 0 Å². The molecule has 0 aromatic carbocycles. The number of rotatable bonds is 2. The van der Waals surface area contributed by atoms with Crippen molar-refractivity contribution in [2.45, 2.75) is 31.7 Å². The first-order valence-corrected chi connectivity index (χ1v) is 5.50. The standard InChI is InChI=1S/C10H14ClN3O/c1-7(2)14-6-9(4-12-14)13-5-8(11)3-10(13)15/h4,6-8H,3,5H2,1-2H3. The van der Waals surface area contributed by atoms with Gasteiger partial charge in [0.05, 0.1) is 17.3 Å². The first-order chi connectivity index (χ1) is 7.08. The number of hydrogen-bond acceptors (Lipinski definition) is 2. The van der Waals surface area contributed by atoms with Crippen molar-refractivity contribution in [1.82, 2.24) is 9.78 Å². The zero-order valence-corrected chi connectivity index (χ0v) is 9.61. The molecule has 1 aromatic heterocycles. The van der Waals surface area contributed by atoms with Gasteiger partial charge in [-0.3, -0.25) is 9.48 Å². The Bertz CT molecular complexity index is 374. The molecule has 1 fully saturated rings. The van der Waals surface area contributed by atoms with E-state index in [0.717, 1.165) is 5.69 Å². The molecule has 1 unspecified atom stereocenters. The second-order valence-electron chi connectivity index (χ2n) is 4.08. The Hall–Kier alpha value is -1.03. The molecule has 0 radical (unpaired) electrons. The number of alkyl halides is 1. The van der Waals surface area contributed by atoms with Crippen molar-refractivity contribution in [2.75, 3.05) is 11.4 Å². The highest BCUT2D eigenvalue weighted by Gasteiger charge is 2.29. The van der Waals surface area contributed by atoms with Gasteiger partial charge in [-0.05, 0) is 13.8 Å². The highest BCUT2D eigenvalue weighted by atomic mass is 35.5. The number of hydrogen-bond donors (Lipinski definition) is 0. The fourth-order valence-electron chi connectivity index (χ4n) is 1.66. The summed E-state index contributed by atoms with van der Waals surface area (Å²) in [6.45, 7) is 4.68. The summed E-state index contributed by atoms with van der Waals surface area (Å²) in [5.41, 5.74) is 0.844. The number of anilines is 1. The molecule has 0 aliphatic carbocycles. The lowest BCUT2D eigenvalue weighted by molar-refractivity contribution is -0.117. The average Bonchev–Trinajstić information content (AvgIpc) is 2.71. The molecule has 1 aliphatic heterocycles. The Morgan fingerprint density at radius 3 is 2.80 bits per heavy atom. The summed E-state index contributed by atoms with van der Waals surface area (Å²) in [5, 5.41) is 4.13. The Balaban J connectivity index is 2.19. The van der Waals surface area contributed by atoms with E-state index in [2.05, 4.69) is 5.10 Å². The van der Waals surface area contributed by atoms with E-state index in [4.69, 9.17) is 11.6 Å². The van der Waals surface area contributed by atoms with Crippen LogP contribution in [0.3, 0.4) is 0 Å². The van der Waals surface area contributed by atoms with E-state index >= 15 is 0 Å². The molecule has 15 heavy (non-hydrogen) atoms. The van der Waals surface area contributed by atoms with E-state index in [0.29, 0.717) is 19.0 Å². The van der Waals surface area contributed by atoms with Crippen molar-refractivity contribution in [1.29, 1.82) is 0 Å². The SMILES string of the molecule is CC(C)n1cc(N2CC(Cl)CC2=O)cn1. The Morgan fingerprint density at radius 2 is 2.33 bits per heavy atom. The third kappa shape index (κ3) is 2.00. The molecule has 1 aromatic rings. The van der Waals surface area contributed by atoms with E-state index < -0.39 is 0 Å². The highest BCUT2D eigenvalue weighted by molar-refractivity contribution is 6.24. The summed E-state index contributed by atoms with van der Waals surface area (Å²) in [6, 6.07) is 0.309. The van der Waals surface area contributed by atoms with Gasteiger partial charge in [-0.2, -0.15) is 5.10 Å². The van der Waals surface area contributed by atoms with Crippen LogP contribution in [0.4, 0.5) is 5.69 Å². The second-order valence-corrected chi connectivity index (χ2v) is 4.70. The predicted molar refractivity (Wildman–Crippen MR) is 59.2 cm³/mol. The lowest BCUT2D eigenvalue weighted by atomic mass is 10.4. The van der Waals surface area contributed by atoms with Gasteiger partial charge in [0, 0.05) is 25.2 Å². The molecule has 2 heterocycles. The van der Waals surface area contributed by atoms with Crippen molar-refractivity contribution < 1.29 is 4.79 Å². The number of aromatic nitrogens is 2. The molecule has 82 valence electrons. The minimum absolute atomic E-state index is 0.0695. The summed E-state index contributed by atoms with van der Waals surface area (Å²) < 4.78 is 1.84. The molecule has 0 bridgehead atoms. The zero-order chi connectivity index (χ0) is 11.0. The first-order valence-electron chi connectivity index (χ1n) is 5.06. The summed E-state index contributed by atoms with van der Waals surface area (Å²) >= 11 is 5.93. The smallest absolute Gasteiger partial charge is 0.228 e. The molecule has 0 saturated carbocycles. The third-order valence-electron chi connectivity index (χ3n) is 2.51. The van der Waals surface area contributed by atoms with Gasteiger partial charge in [0.25, 0.3) is 0 Å². The fraction of sp³-hybridized carbons (Fsp3) is 0.600. The van der Waals surface area contributed by atoms with Gasteiger partial charge in [0.2, 0.25) is 5.91 Å². The molecule has 1 atom stereocenters. The van der Waals surface area contributed by atoms with Gasteiger partial charge in [-0.25, -0.2) is 0 Å². The lowest BCUT2D eigenvalue weighted by Gasteiger charge is -2.12. The van der Waals surface area contributed by atoms with Crippen molar-refractivity contribution in [3.63, 3.8) is 0 Å². The predicted octanol–water partition coefficient (Wildman–Crippen LogP) is 1.81. The normalized spacial score (nSPS) is 21.7. The van der Waals surface area contributed by atoms with Crippen LogP contribution in [0.1, 0.15) is 26.3 Å². The van der Waals surface area contributed by atoms with Crippen LogP contribution in [0, 0.1) is 0 Å². The van der Waals surface area contributed by atoms with Crippen LogP contribution in [-0.2, 0) is 4.79 Å². The van der Waals surface area contributed by atoms with Crippen LogP contribution in [0.2, 0.25) is 0 Å². The molecule has 2 rings (SSSR count). The number of carbonyl (C=O) groups excluding carboxylic acids is 1. The topological polar surface area (TPSA) is 38.1 Å². The maximum atomic E-state index is 11.6. The van der Waals surface area contributed by atoms with E-state index in [1.54, 1.807) is 11.1 Å². The van der Waals surface area contributed by atoms with Gasteiger partial charge >= 0.3 is 0 Å². The number of halogens is 1. The van der Waals surface area contributed by atoms with Crippen molar-refractivity contribution in [3.8, 4) is 0 Å². The van der Waals surface area contributed by atoms with Crippen LogP contribution in [0.25, 0.3) is 0 Å². The molecule has 5 heteroatoms. The third-order valence-corrected chi connectivity index (χ3v) is 2.80. The number of nitrogens with zero attached hydrogens (tertiary/aromatic N) is 3. The zero-order valence-electron chi connectivity index (χ0n) is 8.85. The van der Waals surface area contributed by atoms with Gasteiger partial charge < -0.3 is 4.90 Å². The van der Waals surface area contributed by atoms with E-state index in [1.807, 2.05) is 24.7 Å². The number of carbonyl (C=O) groups is 1. The second kappa shape index (κ2) is 3.85. The molecule has 0 N–H and O–H groups in total. The molecule has 1 amide bonds. The van der Waals surface area contributed by atoms with Crippen LogP contribution in [0.15, 0.2) is 12.4 Å². The summed E-state index contributed by atoms with van der Waals surface area (Å²) in [7, 11) is 0. The van der Waals surface area contributed by atoms with Gasteiger partial charge in [-0.1, -0.05) is 0 Å². The molecule has 1 aliphatic rings. The maximum Gasteiger partial charge on any atom is 0.228 e. The highest BCUT2D eigenvalue weighted by Crippen LogP contribution is 2.24. The van der Waals surface area contributed by atoms with Crippen LogP contribution >= 0.6 is 11.6 Å². The number of amides is 1. The summed E-state index contributed by atoms with van der Waals surface area (Å²) in [6.07, 6.45) is 4.03. The van der Waals surface area contributed by atoms with Crippen LogP contribution in [0.5, 0.6) is 0 Å². The van der Waals surface area contributed by atoms with Gasteiger partial charge in [0.1, 0.15) is 0 Å². The largest absolute Gasteiger partial charge is 0.308 e. The van der Waals surface area contributed by atoms with E-state index in [1.165, 1.54) is 0 Å². The molecule has 0 spiro atoms. The van der Waals surface area contributed by atoms with E-state index in [-0.39, 0.29) is 11.3 Å². The van der Waals surface area contributed by atoms with E-state index in [9.17, 15) is 4.79 Å². The maximum absolute atomic E-state index is 11.6. The summed E-state index contributed by atoms with van der Waals surface area (Å²) in [4.78, 5) is 13.3. The average molecular weight is 228 g/mol. The lowest BCUT2D eigenvalue weighted by Crippen LogP contribution is -2.24. The summed E-state index contributed by atoms with van der Waals surface area (Å²) in [5.74, 6) is 0.0818. The minimum atomic E-state index is -0.0695. The van der Waals surface area contributed by atoms with Crippen molar-refractivity contribution >= 4 is 23.2 Å². The molecular weight excluding hydrogens is 214 g/mol. The Kier molecular flexibility index (Phi) is 2.69. The molecular formula is C10H14ClN3O.